The first kappa shape index (κ1) is 15.7. The van der Waals surface area contributed by atoms with Gasteiger partial charge in [-0.1, -0.05) is 74.5 Å². The zero-order chi connectivity index (χ0) is 15.1. The maximum atomic E-state index is 10.2. The summed E-state index contributed by atoms with van der Waals surface area (Å²) in [5, 5.41) is 10.2. The third-order valence-corrected chi connectivity index (χ3v) is 3.71. The summed E-state index contributed by atoms with van der Waals surface area (Å²) in [6.07, 6.45) is -0.294. The molecule has 0 spiro atoms. The molecular formula is C19H25NO. The van der Waals surface area contributed by atoms with Gasteiger partial charge in [0.1, 0.15) is 0 Å². The Balaban J connectivity index is 2.06. The molecule has 0 aromatic heterocycles. The molecule has 0 radical (unpaired) electrons. The Bertz CT molecular complexity index is 468. The van der Waals surface area contributed by atoms with Gasteiger partial charge in [0, 0.05) is 19.6 Å². The highest BCUT2D eigenvalue weighted by Gasteiger charge is 2.15. The molecule has 0 aliphatic carbocycles. The lowest BCUT2D eigenvalue weighted by atomic mass is 10.1. The predicted octanol–water partition coefficient (Wildman–Crippen LogP) is 3.71. The summed E-state index contributed by atoms with van der Waals surface area (Å²) in [4.78, 5) is 2.31. The Morgan fingerprint density at radius 2 is 1.24 bits per heavy atom. The SMILES string of the molecule is CC(C)C(O)CN(Cc1ccccc1)Cc1ccccc1. The minimum atomic E-state index is -0.294. The lowest BCUT2D eigenvalue weighted by molar-refractivity contribution is 0.0699. The zero-order valence-electron chi connectivity index (χ0n) is 12.9. The number of hydrogen-bond donors (Lipinski definition) is 1. The van der Waals surface area contributed by atoms with E-state index in [0.29, 0.717) is 6.54 Å². The van der Waals surface area contributed by atoms with Crippen LogP contribution in [0, 0.1) is 5.92 Å². The lowest BCUT2D eigenvalue weighted by Gasteiger charge is -2.27. The van der Waals surface area contributed by atoms with E-state index >= 15 is 0 Å². The molecule has 0 aliphatic rings. The molecule has 0 saturated heterocycles. The van der Waals surface area contributed by atoms with Crippen LogP contribution in [-0.2, 0) is 13.1 Å². The highest BCUT2D eigenvalue weighted by atomic mass is 16.3. The smallest absolute Gasteiger partial charge is 0.0690 e. The third kappa shape index (κ3) is 5.33. The third-order valence-electron chi connectivity index (χ3n) is 3.71. The molecule has 2 nitrogen and oxygen atoms in total. The minimum Gasteiger partial charge on any atom is -0.392 e. The number of rotatable bonds is 7. The van der Waals surface area contributed by atoms with Gasteiger partial charge < -0.3 is 5.11 Å². The van der Waals surface area contributed by atoms with Crippen LogP contribution in [0.3, 0.4) is 0 Å². The first-order chi connectivity index (χ1) is 10.1. The van der Waals surface area contributed by atoms with Crippen molar-refractivity contribution >= 4 is 0 Å². The van der Waals surface area contributed by atoms with Crippen molar-refractivity contribution < 1.29 is 5.11 Å². The Kier molecular flexibility index (Phi) is 5.97. The van der Waals surface area contributed by atoms with Gasteiger partial charge in [-0.2, -0.15) is 0 Å². The van der Waals surface area contributed by atoms with Crippen LogP contribution < -0.4 is 0 Å². The molecule has 0 fully saturated rings. The van der Waals surface area contributed by atoms with E-state index in [2.05, 4.69) is 67.3 Å². The van der Waals surface area contributed by atoms with Crippen LogP contribution in [0.25, 0.3) is 0 Å². The first-order valence-corrected chi connectivity index (χ1v) is 7.63. The number of nitrogens with zero attached hydrogens (tertiary/aromatic N) is 1. The lowest BCUT2D eigenvalue weighted by Crippen LogP contribution is -2.34. The molecule has 112 valence electrons. The van der Waals surface area contributed by atoms with Crippen molar-refractivity contribution in [1.29, 1.82) is 0 Å². The van der Waals surface area contributed by atoms with Gasteiger partial charge in [-0.3, -0.25) is 4.90 Å². The van der Waals surface area contributed by atoms with Gasteiger partial charge in [0.2, 0.25) is 0 Å². The number of hydrogen-bond acceptors (Lipinski definition) is 2. The van der Waals surface area contributed by atoms with Crippen molar-refractivity contribution in [3.05, 3.63) is 71.8 Å². The van der Waals surface area contributed by atoms with Crippen LogP contribution >= 0.6 is 0 Å². The Hall–Kier alpha value is -1.64. The molecule has 2 aromatic carbocycles. The van der Waals surface area contributed by atoms with E-state index in [1.54, 1.807) is 0 Å². The van der Waals surface area contributed by atoms with Crippen LogP contribution in [-0.4, -0.2) is 22.7 Å². The average molecular weight is 283 g/mol. The predicted molar refractivity (Wildman–Crippen MR) is 87.8 cm³/mol. The second-order valence-electron chi connectivity index (χ2n) is 5.95. The molecule has 21 heavy (non-hydrogen) atoms. The van der Waals surface area contributed by atoms with Gasteiger partial charge in [0.05, 0.1) is 6.10 Å². The van der Waals surface area contributed by atoms with Crippen molar-refractivity contribution in [3.8, 4) is 0 Å². The summed E-state index contributed by atoms with van der Waals surface area (Å²) in [7, 11) is 0. The van der Waals surface area contributed by atoms with Crippen LogP contribution in [0.5, 0.6) is 0 Å². The fourth-order valence-electron chi connectivity index (χ4n) is 2.34. The fraction of sp³-hybridized carbons (Fsp3) is 0.368. The van der Waals surface area contributed by atoms with Crippen LogP contribution in [0.1, 0.15) is 25.0 Å². The van der Waals surface area contributed by atoms with Gasteiger partial charge >= 0.3 is 0 Å². The Labute approximate surface area is 128 Å². The maximum absolute atomic E-state index is 10.2. The summed E-state index contributed by atoms with van der Waals surface area (Å²) in [6, 6.07) is 20.9. The highest BCUT2D eigenvalue weighted by Crippen LogP contribution is 2.13. The maximum Gasteiger partial charge on any atom is 0.0690 e. The van der Waals surface area contributed by atoms with E-state index in [1.165, 1.54) is 11.1 Å². The zero-order valence-corrected chi connectivity index (χ0v) is 12.9. The fourth-order valence-corrected chi connectivity index (χ4v) is 2.34. The van der Waals surface area contributed by atoms with Crippen molar-refractivity contribution in [1.82, 2.24) is 4.90 Å². The van der Waals surface area contributed by atoms with E-state index in [1.807, 2.05) is 12.1 Å². The minimum absolute atomic E-state index is 0.277. The van der Waals surface area contributed by atoms with E-state index < -0.39 is 0 Å². The molecule has 1 N–H and O–H groups in total. The molecule has 2 aromatic rings. The van der Waals surface area contributed by atoms with Gasteiger partial charge in [0.15, 0.2) is 0 Å². The van der Waals surface area contributed by atoms with Crippen LogP contribution in [0.2, 0.25) is 0 Å². The Morgan fingerprint density at radius 1 is 0.810 bits per heavy atom. The van der Waals surface area contributed by atoms with Crippen molar-refractivity contribution in [3.63, 3.8) is 0 Å². The first-order valence-electron chi connectivity index (χ1n) is 7.63. The van der Waals surface area contributed by atoms with Gasteiger partial charge in [-0.25, -0.2) is 0 Å². The molecule has 0 saturated carbocycles. The number of aliphatic hydroxyl groups excluding tert-OH is 1. The van der Waals surface area contributed by atoms with Crippen molar-refractivity contribution in [2.45, 2.75) is 33.0 Å². The van der Waals surface area contributed by atoms with E-state index in [0.717, 1.165) is 13.1 Å². The number of benzene rings is 2. The summed E-state index contributed by atoms with van der Waals surface area (Å²) in [6.45, 7) is 6.54. The van der Waals surface area contributed by atoms with E-state index in [9.17, 15) is 5.11 Å². The van der Waals surface area contributed by atoms with E-state index in [-0.39, 0.29) is 12.0 Å². The van der Waals surface area contributed by atoms with Gasteiger partial charge in [0.25, 0.3) is 0 Å². The summed E-state index contributed by atoms with van der Waals surface area (Å²) in [5.41, 5.74) is 2.56. The molecule has 0 bridgehead atoms. The molecule has 0 aliphatic heterocycles. The summed E-state index contributed by atoms with van der Waals surface area (Å²) in [5.74, 6) is 0.277. The molecule has 2 rings (SSSR count). The molecule has 1 atom stereocenters. The topological polar surface area (TPSA) is 23.5 Å². The molecule has 1 unspecified atom stereocenters. The van der Waals surface area contributed by atoms with Crippen LogP contribution in [0.4, 0.5) is 0 Å². The summed E-state index contributed by atoms with van der Waals surface area (Å²) >= 11 is 0. The van der Waals surface area contributed by atoms with E-state index in [4.69, 9.17) is 0 Å². The van der Waals surface area contributed by atoms with Gasteiger partial charge in [-0.05, 0) is 17.0 Å². The quantitative estimate of drug-likeness (QED) is 0.837. The second kappa shape index (κ2) is 7.96. The van der Waals surface area contributed by atoms with Crippen molar-refractivity contribution in [2.75, 3.05) is 6.54 Å². The average Bonchev–Trinajstić information content (AvgIpc) is 2.49. The standard InChI is InChI=1S/C19H25NO/c1-16(2)19(21)15-20(13-17-9-5-3-6-10-17)14-18-11-7-4-8-12-18/h3-12,16,19,21H,13-15H2,1-2H3. The van der Waals surface area contributed by atoms with Crippen LogP contribution in [0.15, 0.2) is 60.7 Å². The molecule has 2 heteroatoms. The molecule has 0 amide bonds. The number of aliphatic hydroxyl groups is 1. The molecular weight excluding hydrogens is 258 g/mol. The van der Waals surface area contributed by atoms with Crippen molar-refractivity contribution in [2.24, 2.45) is 5.92 Å². The highest BCUT2D eigenvalue weighted by molar-refractivity contribution is 5.17. The molecule has 0 heterocycles. The normalized spacial score (nSPS) is 12.8. The largest absolute Gasteiger partial charge is 0.392 e. The monoisotopic (exact) mass is 283 g/mol. The summed E-state index contributed by atoms with van der Waals surface area (Å²) < 4.78 is 0. The Morgan fingerprint density at radius 3 is 1.62 bits per heavy atom. The van der Waals surface area contributed by atoms with Gasteiger partial charge in [-0.15, -0.1) is 0 Å². The second-order valence-corrected chi connectivity index (χ2v) is 5.95.